The number of rotatable bonds is 7. The van der Waals surface area contributed by atoms with Crippen molar-refractivity contribution in [1.82, 2.24) is 5.43 Å². The highest BCUT2D eigenvalue weighted by molar-refractivity contribution is 5.85. The summed E-state index contributed by atoms with van der Waals surface area (Å²) < 4.78 is 10.2. The third-order valence-electron chi connectivity index (χ3n) is 3.43. The quantitative estimate of drug-likeness (QED) is 0.604. The Hall–Kier alpha value is -3.02. The zero-order valence-electron chi connectivity index (χ0n) is 13.7. The summed E-state index contributed by atoms with van der Waals surface area (Å²) in [5, 5.41) is 13.6. The van der Waals surface area contributed by atoms with E-state index in [1.165, 1.54) is 19.4 Å². The minimum atomic E-state index is -0.204. The minimum absolute atomic E-state index is 0.0621. The van der Waals surface area contributed by atoms with Crippen LogP contribution in [0.1, 0.15) is 17.5 Å². The first-order chi connectivity index (χ1) is 11.6. The van der Waals surface area contributed by atoms with Gasteiger partial charge < -0.3 is 14.6 Å². The fraction of sp³-hybridized carbons (Fsp3) is 0.222. The van der Waals surface area contributed by atoms with Crippen molar-refractivity contribution in [2.75, 3.05) is 14.2 Å². The van der Waals surface area contributed by atoms with Gasteiger partial charge in [0.2, 0.25) is 5.91 Å². The van der Waals surface area contributed by atoms with Crippen LogP contribution in [0.25, 0.3) is 0 Å². The van der Waals surface area contributed by atoms with Gasteiger partial charge in [0.1, 0.15) is 17.2 Å². The Bertz CT molecular complexity index is 711. The number of aryl methyl sites for hydroxylation is 1. The molecule has 0 aliphatic rings. The molecule has 0 fully saturated rings. The van der Waals surface area contributed by atoms with Gasteiger partial charge >= 0.3 is 0 Å². The van der Waals surface area contributed by atoms with Crippen molar-refractivity contribution in [3.63, 3.8) is 0 Å². The van der Waals surface area contributed by atoms with E-state index in [0.29, 0.717) is 24.2 Å². The molecule has 6 heteroatoms. The van der Waals surface area contributed by atoms with Gasteiger partial charge in [-0.05, 0) is 42.3 Å². The van der Waals surface area contributed by atoms with E-state index in [9.17, 15) is 9.90 Å². The summed E-state index contributed by atoms with van der Waals surface area (Å²) >= 11 is 0. The molecule has 0 bridgehead atoms. The second-order valence-electron chi connectivity index (χ2n) is 5.07. The summed E-state index contributed by atoms with van der Waals surface area (Å²) in [7, 11) is 3.15. The number of hydrogen-bond donors (Lipinski definition) is 2. The van der Waals surface area contributed by atoms with Gasteiger partial charge in [0, 0.05) is 12.0 Å². The Kier molecular flexibility index (Phi) is 6.19. The average molecular weight is 328 g/mol. The summed E-state index contributed by atoms with van der Waals surface area (Å²) in [6.45, 7) is 0. The molecule has 0 saturated carbocycles. The first-order valence-corrected chi connectivity index (χ1v) is 7.44. The van der Waals surface area contributed by atoms with Gasteiger partial charge in [0.25, 0.3) is 0 Å². The maximum absolute atomic E-state index is 11.8. The molecule has 0 saturated heterocycles. The fourth-order valence-electron chi connectivity index (χ4n) is 2.04. The van der Waals surface area contributed by atoms with Crippen LogP contribution < -0.4 is 14.9 Å². The lowest BCUT2D eigenvalue weighted by molar-refractivity contribution is -0.121. The molecular formula is C18H20N2O4. The molecule has 0 atom stereocenters. The first-order valence-electron chi connectivity index (χ1n) is 7.44. The number of nitrogens with zero attached hydrogens (tertiary/aromatic N) is 1. The Balaban J connectivity index is 1.84. The number of benzene rings is 2. The molecular weight excluding hydrogens is 308 g/mol. The molecule has 0 unspecified atom stereocenters. The van der Waals surface area contributed by atoms with Crippen molar-refractivity contribution >= 4 is 12.1 Å². The van der Waals surface area contributed by atoms with Gasteiger partial charge in [-0.3, -0.25) is 4.79 Å². The van der Waals surface area contributed by atoms with E-state index in [4.69, 9.17) is 9.47 Å². The molecule has 2 N–H and O–H groups in total. The maximum atomic E-state index is 11.8. The van der Waals surface area contributed by atoms with Gasteiger partial charge in [-0.2, -0.15) is 5.10 Å². The van der Waals surface area contributed by atoms with Crippen molar-refractivity contribution in [2.24, 2.45) is 5.10 Å². The van der Waals surface area contributed by atoms with Crippen molar-refractivity contribution < 1.29 is 19.4 Å². The Morgan fingerprint density at radius 3 is 2.46 bits per heavy atom. The summed E-state index contributed by atoms with van der Waals surface area (Å²) in [6, 6.07) is 12.3. The van der Waals surface area contributed by atoms with E-state index < -0.39 is 0 Å². The first kappa shape index (κ1) is 17.3. The number of nitrogens with one attached hydrogen (secondary N) is 1. The van der Waals surface area contributed by atoms with Gasteiger partial charge in [-0.15, -0.1) is 0 Å². The van der Waals surface area contributed by atoms with Crippen LogP contribution in [0.4, 0.5) is 0 Å². The zero-order chi connectivity index (χ0) is 17.4. The monoisotopic (exact) mass is 328 g/mol. The number of aromatic hydroxyl groups is 1. The predicted octanol–water partition coefficient (Wildman–Crippen LogP) is 2.49. The minimum Gasteiger partial charge on any atom is -0.507 e. The predicted molar refractivity (Wildman–Crippen MR) is 91.7 cm³/mol. The van der Waals surface area contributed by atoms with Gasteiger partial charge in [-0.25, -0.2) is 5.43 Å². The number of carbonyl (C=O) groups is 1. The number of phenolic OH excluding ortho intramolecular Hbond substituents is 1. The number of methoxy groups -OCH3 is 2. The molecule has 0 radical (unpaired) electrons. The average Bonchev–Trinajstić information content (AvgIpc) is 2.62. The van der Waals surface area contributed by atoms with Gasteiger partial charge in [-0.1, -0.05) is 12.1 Å². The molecule has 2 rings (SSSR count). The van der Waals surface area contributed by atoms with E-state index in [1.807, 2.05) is 24.3 Å². The lowest BCUT2D eigenvalue weighted by Gasteiger charge is -2.04. The van der Waals surface area contributed by atoms with Crippen LogP contribution >= 0.6 is 0 Å². The van der Waals surface area contributed by atoms with Crippen molar-refractivity contribution in [2.45, 2.75) is 12.8 Å². The Morgan fingerprint density at radius 1 is 1.12 bits per heavy atom. The van der Waals surface area contributed by atoms with E-state index in [1.54, 1.807) is 19.2 Å². The summed E-state index contributed by atoms with van der Waals surface area (Å²) in [5.74, 6) is 1.24. The number of carbonyl (C=O) groups excluding carboxylic acids is 1. The van der Waals surface area contributed by atoms with Crippen LogP contribution in [-0.4, -0.2) is 31.4 Å². The third kappa shape index (κ3) is 5.01. The topological polar surface area (TPSA) is 80.2 Å². The highest BCUT2D eigenvalue weighted by atomic mass is 16.5. The molecule has 0 spiro atoms. The van der Waals surface area contributed by atoms with Crippen LogP contribution in [0.2, 0.25) is 0 Å². The number of ether oxygens (including phenoxy) is 2. The smallest absolute Gasteiger partial charge is 0.240 e. The van der Waals surface area contributed by atoms with Crippen molar-refractivity contribution in [3.05, 3.63) is 53.6 Å². The fourth-order valence-corrected chi connectivity index (χ4v) is 2.04. The lowest BCUT2D eigenvalue weighted by Crippen LogP contribution is -2.17. The molecule has 126 valence electrons. The second kappa shape index (κ2) is 8.57. The van der Waals surface area contributed by atoms with E-state index >= 15 is 0 Å². The Morgan fingerprint density at radius 2 is 1.79 bits per heavy atom. The van der Waals surface area contributed by atoms with E-state index in [2.05, 4.69) is 10.5 Å². The molecule has 2 aromatic rings. The largest absolute Gasteiger partial charge is 0.507 e. The number of hydrogen-bond acceptors (Lipinski definition) is 5. The van der Waals surface area contributed by atoms with Crippen molar-refractivity contribution in [1.29, 1.82) is 0 Å². The number of phenols is 1. The molecule has 0 aliphatic carbocycles. The molecule has 0 aliphatic heterocycles. The number of amides is 1. The maximum Gasteiger partial charge on any atom is 0.240 e. The standard InChI is InChI=1S/C18H20N2O4/c1-23-15-6-3-13(4-7-15)5-10-18(22)20-19-12-14-11-16(24-2)8-9-17(14)21/h3-4,6-9,11-12,21H,5,10H2,1-2H3,(H,20,22)/b19-12+. The molecule has 0 heterocycles. The molecule has 6 nitrogen and oxygen atoms in total. The SMILES string of the molecule is COc1ccc(CCC(=O)N/N=C/c2cc(OC)ccc2O)cc1. The summed E-state index contributed by atoms with van der Waals surface area (Å²) in [4.78, 5) is 11.8. The van der Waals surface area contributed by atoms with Crippen LogP contribution in [0.5, 0.6) is 17.2 Å². The Labute approximate surface area is 140 Å². The molecule has 2 aromatic carbocycles. The lowest BCUT2D eigenvalue weighted by atomic mass is 10.1. The molecule has 24 heavy (non-hydrogen) atoms. The van der Waals surface area contributed by atoms with Gasteiger partial charge in [0.05, 0.1) is 20.4 Å². The zero-order valence-corrected chi connectivity index (χ0v) is 13.7. The van der Waals surface area contributed by atoms with Crippen molar-refractivity contribution in [3.8, 4) is 17.2 Å². The van der Waals surface area contributed by atoms with Gasteiger partial charge in [0.15, 0.2) is 0 Å². The number of hydrazone groups is 1. The summed E-state index contributed by atoms with van der Waals surface area (Å²) in [5.41, 5.74) is 3.95. The highest BCUT2D eigenvalue weighted by Gasteiger charge is 2.03. The summed E-state index contributed by atoms with van der Waals surface area (Å²) in [6.07, 6.45) is 2.30. The molecule has 1 amide bonds. The van der Waals surface area contributed by atoms with Crippen LogP contribution in [0, 0.1) is 0 Å². The third-order valence-corrected chi connectivity index (χ3v) is 3.43. The highest BCUT2D eigenvalue weighted by Crippen LogP contribution is 2.20. The normalized spacial score (nSPS) is 10.6. The van der Waals surface area contributed by atoms with Crippen LogP contribution in [0.15, 0.2) is 47.6 Å². The van der Waals surface area contributed by atoms with E-state index in [-0.39, 0.29) is 11.7 Å². The van der Waals surface area contributed by atoms with E-state index in [0.717, 1.165) is 11.3 Å². The second-order valence-corrected chi connectivity index (χ2v) is 5.07. The molecule has 0 aromatic heterocycles. The van der Waals surface area contributed by atoms with Crippen LogP contribution in [-0.2, 0) is 11.2 Å². The van der Waals surface area contributed by atoms with Crippen LogP contribution in [0.3, 0.4) is 0 Å².